The first-order valence-corrected chi connectivity index (χ1v) is 6.59. The molecule has 3 heteroatoms. The largest absolute Gasteiger partial charge is 0.308 e. The van der Waals surface area contributed by atoms with Gasteiger partial charge in [-0.15, -0.1) is 6.58 Å². The fraction of sp³-hybridized carbons (Fsp3) is 0.643. The fourth-order valence-electron chi connectivity index (χ4n) is 1.95. The van der Waals surface area contributed by atoms with Gasteiger partial charge in [-0.05, 0) is 32.3 Å². The highest BCUT2D eigenvalue weighted by Crippen LogP contribution is 2.14. The van der Waals surface area contributed by atoms with Crippen LogP contribution in [0.2, 0.25) is 0 Å². The summed E-state index contributed by atoms with van der Waals surface area (Å²) >= 11 is 0. The molecule has 0 aliphatic heterocycles. The van der Waals surface area contributed by atoms with Gasteiger partial charge in [0.15, 0.2) is 0 Å². The van der Waals surface area contributed by atoms with E-state index in [2.05, 4.69) is 54.7 Å². The summed E-state index contributed by atoms with van der Waals surface area (Å²) < 4.78 is 2.09. The average molecular weight is 235 g/mol. The van der Waals surface area contributed by atoms with Crippen molar-refractivity contribution in [3.63, 3.8) is 0 Å². The minimum Gasteiger partial charge on any atom is -0.308 e. The Morgan fingerprint density at radius 2 is 2.18 bits per heavy atom. The summed E-state index contributed by atoms with van der Waals surface area (Å²) in [6.45, 7) is 11.2. The van der Waals surface area contributed by atoms with Gasteiger partial charge in [0.05, 0.1) is 11.7 Å². The van der Waals surface area contributed by atoms with Crippen molar-refractivity contribution in [1.82, 2.24) is 15.1 Å². The van der Waals surface area contributed by atoms with E-state index in [0.717, 1.165) is 31.5 Å². The van der Waals surface area contributed by atoms with E-state index in [4.69, 9.17) is 0 Å². The van der Waals surface area contributed by atoms with Crippen LogP contribution in [0, 0.1) is 0 Å². The van der Waals surface area contributed by atoms with Crippen LogP contribution in [-0.4, -0.2) is 15.8 Å². The van der Waals surface area contributed by atoms with E-state index in [1.165, 1.54) is 0 Å². The van der Waals surface area contributed by atoms with Gasteiger partial charge in [-0.25, -0.2) is 0 Å². The summed E-state index contributed by atoms with van der Waals surface area (Å²) in [6, 6.07) is 3.10. The summed E-state index contributed by atoms with van der Waals surface area (Å²) in [5, 5.41) is 8.05. The van der Waals surface area contributed by atoms with E-state index in [1.54, 1.807) is 0 Å². The molecule has 1 atom stereocenters. The SMILES string of the molecule is C=CCC(C)NCc1ccn(C(CC)CC)n1. The molecule has 0 spiro atoms. The van der Waals surface area contributed by atoms with Gasteiger partial charge in [0.2, 0.25) is 0 Å². The molecule has 1 aromatic heterocycles. The van der Waals surface area contributed by atoms with Crippen molar-refractivity contribution < 1.29 is 0 Å². The molecule has 1 unspecified atom stereocenters. The third-order valence-corrected chi connectivity index (χ3v) is 3.13. The van der Waals surface area contributed by atoms with Crippen LogP contribution in [0.4, 0.5) is 0 Å². The predicted molar refractivity (Wildman–Crippen MR) is 73.0 cm³/mol. The molecule has 0 aliphatic carbocycles. The second-order valence-electron chi connectivity index (χ2n) is 4.56. The molecule has 0 aromatic carbocycles. The quantitative estimate of drug-likeness (QED) is 0.701. The first-order valence-electron chi connectivity index (χ1n) is 6.59. The Bertz CT molecular complexity index is 326. The lowest BCUT2D eigenvalue weighted by Gasteiger charge is -2.13. The molecule has 3 nitrogen and oxygen atoms in total. The Balaban J connectivity index is 2.48. The monoisotopic (exact) mass is 235 g/mol. The molecule has 0 saturated carbocycles. The van der Waals surface area contributed by atoms with Crippen LogP contribution >= 0.6 is 0 Å². The maximum atomic E-state index is 4.61. The van der Waals surface area contributed by atoms with E-state index >= 15 is 0 Å². The van der Waals surface area contributed by atoms with Crippen LogP contribution in [0.5, 0.6) is 0 Å². The highest BCUT2D eigenvalue weighted by molar-refractivity contribution is 4.99. The zero-order chi connectivity index (χ0) is 12.7. The Morgan fingerprint density at radius 3 is 2.76 bits per heavy atom. The van der Waals surface area contributed by atoms with Crippen molar-refractivity contribution in [3.8, 4) is 0 Å². The molecule has 1 heterocycles. The molecule has 0 aliphatic rings. The van der Waals surface area contributed by atoms with Crippen molar-refractivity contribution in [1.29, 1.82) is 0 Å². The Hall–Kier alpha value is -1.09. The molecule has 0 saturated heterocycles. The lowest BCUT2D eigenvalue weighted by atomic mass is 10.2. The van der Waals surface area contributed by atoms with E-state index in [0.29, 0.717) is 12.1 Å². The number of nitrogens with zero attached hydrogens (tertiary/aromatic N) is 2. The number of hydrogen-bond donors (Lipinski definition) is 1. The summed E-state index contributed by atoms with van der Waals surface area (Å²) in [6.07, 6.45) is 7.30. The van der Waals surface area contributed by atoms with Gasteiger partial charge in [0.25, 0.3) is 0 Å². The van der Waals surface area contributed by atoms with Crippen molar-refractivity contribution in [2.45, 2.75) is 58.7 Å². The maximum absolute atomic E-state index is 4.61. The third-order valence-electron chi connectivity index (χ3n) is 3.13. The molecule has 0 radical (unpaired) electrons. The van der Waals surface area contributed by atoms with Crippen molar-refractivity contribution in [2.75, 3.05) is 0 Å². The Labute approximate surface area is 105 Å². The normalized spacial score (nSPS) is 12.9. The van der Waals surface area contributed by atoms with Crippen LogP contribution in [-0.2, 0) is 6.54 Å². The van der Waals surface area contributed by atoms with Gasteiger partial charge in [0, 0.05) is 18.8 Å². The standard InChI is InChI=1S/C14H25N3/c1-5-8-12(4)15-11-13-9-10-17(16-13)14(6-2)7-3/h5,9-10,12,14-15H,1,6-8,11H2,2-4H3. The number of aromatic nitrogens is 2. The molecule has 0 amide bonds. The van der Waals surface area contributed by atoms with E-state index < -0.39 is 0 Å². The summed E-state index contributed by atoms with van der Waals surface area (Å²) in [4.78, 5) is 0. The summed E-state index contributed by atoms with van der Waals surface area (Å²) in [5.41, 5.74) is 1.12. The number of hydrogen-bond acceptors (Lipinski definition) is 2. The molecular weight excluding hydrogens is 210 g/mol. The number of nitrogens with one attached hydrogen (secondary N) is 1. The van der Waals surface area contributed by atoms with Crippen LogP contribution in [0.15, 0.2) is 24.9 Å². The predicted octanol–water partition coefficient (Wildman–Crippen LogP) is 3.30. The third kappa shape index (κ3) is 4.35. The smallest absolute Gasteiger partial charge is 0.0762 e. The van der Waals surface area contributed by atoms with Gasteiger partial charge >= 0.3 is 0 Å². The average Bonchev–Trinajstić information content (AvgIpc) is 2.77. The zero-order valence-corrected chi connectivity index (χ0v) is 11.3. The zero-order valence-electron chi connectivity index (χ0n) is 11.3. The van der Waals surface area contributed by atoms with Gasteiger partial charge in [-0.1, -0.05) is 19.9 Å². The lowest BCUT2D eigenvalue weighted by Crippen LogP contribution is -2.25. The molecule has 17 heavy (non-hydrogen) atoms. The Morgan fingerprint density at radius 1 is 1.47 bits per heavy atom. The first-order chi connectivity index (χ1) is 8.21. The van der Waals surface area contributed by atoms with Crippen molar-refractivity contribution >= 4 is 0 Å². The summed E-state index contributed by atoms with van der Waals surface area (Å²) in [7, 11) is 0. The van der Waals surface area contributed by atoms with Crippen LogP contribution in [0.1, 0.15) is 51.8 Å². The molecule has 1 rings (SSSR count). The van der Waals surface area contributed by atoms with Crippen LogP contribution in [0.25, 0.3) is 0 Å². The molecule has 0 fully saturated rings. The molecular formula is C14H25N3. The minimum atomic E-state index is 0.464. The van der Waals surface area contributed by atoms with Crippen molar-refractivity contribution in [2.24, 2.45) is 0 Å². The molecule has 0 bridgehead atoms. The van der Waals surface area contributed by atoms with E-state index in [1.807, 2.05) is 6.08 Å². The number of rotatable bonds is 8. The maximum Gasteiger partial charge on any atom is 0.0762 e. The second kappa shape index (κ2) is 7.28. The molecule has 96 valence electrons. The van der Waals surface area contributed by atoms with Gasteiger partial charge in [0.1, 0.15) is 0 Å². The molecule has 1 aromatic rings. The second-order valence-corrected chi connectivity index (χ2v) is 4.56. The topological polar surface area (TPSA) is 29.9 Å². The highest BCUT2D eigenvalue weighted by Gasteiger charge is 2.08. The van der Waals surface area contributed by atoms with E-state index in [9.17, 15) is 0 Å². The van der Waals surface area contributed by atoms with E-state index in [-0.39, 0.29) is 0 Å². The van der Waals surface area contributed by atoms with Gasteiger partial charge in [-0.3, -0.25) is 4.68 Å². The van der Waals surface area contributed by atoms with Crippen LogP contribution < -0.4 is 5.32 Å². The van der Waals surface area contributed by atoms with Crippen LogP contribution in [0.3, 0.4) is 0 Å². The highest BCUT2D eigenvalue weighted by atomic mass is 15.3. The lowest BCUT2D eigenvalue weighted by molar-refractivity contribution is 0.422. The summed E-state index contributed by atoms with van der Waals surface area (Å²) in [5.74, 6) is 0. The molecule has 1 N–H and O–H groups in total. The Kier molecular flexibility index (Phi) is 5.98. The van der Waals surface area contributed by atoms with Crippen molar-refractivity contribution in [3.05, 3.63) is 30.6 Å². The van der Waals surface area contributed by atoms with Gasteiger partial charge < -0.3 is 5.32 Å². The van der Waals surface area contributed by atoms with Gasteiger partial charge in [-0.2, -0.15) is 5.10 Å². The fourth-order valence-corrected chi connectivity index (χ4v) is 1.95. The first kappa shape index (κ1) is 14.0. The minimum absolute atomic E-state index is 0.464.